The molecule has 0 aliphatic carbocycles. The molecule has 0 aromatic carbocycles. The highest BCUT2D eigenvalue weighted by atomic mass is 32.1. The first-order valence-electron chi connectivity index (χ1n) is 3.30. The number of nitrogens with zero attached hydrogens (tertiary/aromatic N) is 2. The zero-order valence-corrected chi connectivity index (χ0v) is 7.06. The third-order valence-electron chi connectivity index (χ3n) is 1.32. The molecule has 1 heterocycles. The maximum atomic E-state index is 8.36. The van der Waals surface area contributed by atoms with Crippen LogP contribution in [-0.4, -0.2) is 4.37 Å². The van der Waals surface area contributed by atoms with E-state index in [2.05, 4.69) is 4.37 Å². The molecule has 0 bridgehead atoms. The largest absolute Gasteiger partial charge is 0.322 e. The van der Waals surface area contributed by atoms with E-state index in [9.17, 15) is 0 Å². The summed E-state index contributed by atoms with van der Waals surface area (Å²) in [5, 5.41) is 8.36. The van der Waals surface area contributed by atoms with Crippen molar-refractivity contribution in [3.63, 3.8) is 0 Å². The molecular weight excluding hydrogens is 158 g/mol. The molecule has 0 saturated heterocycles. The van der Waals surface area contributed by atoms with Gasteiger partial charge in [-0.2, -0.15) is 9.64 Å². The molecule has 1 atom stereocenters. The number of rotatable bonds is 2. The van der Waals surface area contributed by atoms with Crippen LogP contribution in [0, 0.1) is 18.3 Å². The fourth-order valence-corrected chi connectivity index (χ4v) is 1.50. The summed E-state index contributed by atoms with van der Waals surface area (Å²) in [4.78, 5) is 0.990. The number of aryl methyl sites for hydroxylation is 1. The molecule has 1 unspecified atom stereocenters. The van der Waals surface area contributed by atoms with E-state index in [0.29, 0.717) is 6.42 Å². The summed E-state index contributed by atoms with van der Waals surface area (Å²) in [5.74, 6) is 0. The van der Waals surface area contributed by atoms with Crippen LogP contribution in [0.15, 0.2) is 6.07 Å². The Labute approximate surface area is 69.6 Å². The minimum atomic E-state index is -0.161. The number of aromatic nitrogens is 1. The Hall–Kier alpha value is -0.920. The second-order valence-corrected chi connectivity index (χ2v) is 3.18. The summed E-state index contributed by atoms with van der Waals surface area (Å²) in [6.45, 7) is 1.92. The molecule has 0 spiro atoms. The zero-order chi connectivity index (χ0) is 8.27. The number of hydrogen-bond acceptors (Lipinski definition) is 4. The van der Waals surface area contributed by atoms with E-state index in [1.165, 1.54) is 11.5 Å². The first-order chi connectivity index (χ1) is 5.24. The van der Waals surface area contributed by atoms with Crippen molar-refractivity contribution in [2.75, 3.05) is 0 Å². The van der Waals surface area contributed by atoms with Crippen LogP contribution in [0.5, 0.6) is 0 Å². The van der Waals surface area contributed by atoms with Gasteiger partial charge in [0.25, 0.3) is 0 Å². The Morgan fingerprint density at radius 1 is 1.91 bits per heavy atom. The summed E-state index contributed by atoms with van der Waals surface area (Å²) in [7, 11) is 0. The van der Waals surface area contributed by atoms with Gasteiger partial charge in [-0.15, -0.1) is 0 Å². The van der Waals surface area contributed by atoms with Gasteiger partial charge in [0.05, 0.1) is 24.2 Å². The second-order valence-electron chi connectivity index (χ2n) is 2.34. The molecule has 0 saturated carbocycles. The Morgan fingerprint density at radius 2 is 2.64 bits per heavy atom. The Bertz CT molecular complexity index is 273. The smallest absolute Gasteiger partial charge is 0.0642 e. The van der Waals surface area contributed by atoms with Crippen molar-refractivity contribution in [1.82, 2.24) is 4.37 Å². The molecule has 1 rings (SSSR count). The number of nitrogens with two attached hydrogens (primary N) is 1. The molecule has 1 aromatic heterocycles. The molecule has 3 nitrogen and oxygen atoms in total. The molecular formula is C7H9N3S. The standard InChI is InChI=1S/C7H9N3S/c1-5-4-7(11-10-5)6(9)2-3-8/h4,6H,2,9H2,1H3. The fraction of sp³-hybridized carbons (Fsp3) is 0.429. The van der Waals surface area contributed by atoms with Crippen LogP contribution in [0.1, 0.15) is 23.0 Å². The lowest BCUT2D eigenvalue weighted by Crippen LogP contribution is -2.06. The van der Waals surface area contributed by atoms with Crippen LogP contribution in [-0.2, 0) is 0 Å². The van der Waals surface area contributed by atoms with E-state index in [-0.39, 0.29) is 6.04 Å². The van der Waals surface area contributed by atoms with Gasteiger partial charge in [-0.3, -0.25) is 0 Å². The first-order valence-corrected chi connectivity index (χ1v) is 4.07. The summed E-state index contributed by atoms with van der Waals surface area (Å²) in [5.41, 5.74) is 6.64. The van der Waals surface area contributed by atoms with Crippen molar-refractivity contribution in [3.8, 4) is 6.07 Å². The highest BCUT2D eigenvalue weighted by molar-refractivity contribution is 7.05. The molecule has 58 valence electrons. The molecule has 4 heteroatoms. The van der Waals surface area contributed by atoms with E-state index < -0.39 is 0 Å². The first kappa shape index (κ1) is 8.18. The normalized spacial score (nSPS) is 12.5. The summed E-state index contributed by atoms with van der Waals surface area (Å²) in [6.07, 6.45) is 0.363. The van der Waals surface area contributed by atoms with Crippen molar-refractivity contribution in [2.45, 2.75) is 19.4 Å². The van der Waals surface area contributed by atoms with E-state index in [1.54, 1.807) is 0 Å². The maximum absolute atomic E-state index is 8.36. The van der Waals surface area contributed by atoms with Crippen LogP contribution >= 0.6 is 11.5 Å². The lowest BCUT2D eigenvalue weighted by atomic mass is 10.2. The SMILES string of the molecule is Cc1cc(C(N)CC#N)sn1. The van der Waals surface area contributed by atoms with Gasteiger partial charge in [0.1, 0.15) is 0 Å². The van der Waals surface area contributed by atoms with Crippen molar-refractivity contribution < 1.29 is 0 Å². The average molecular weight is 167 g/mol. The minimum Gasteiger partial charge on any atom is -0.322 e. The Morgan fingerprint density at radius 3 is 3.09 bits per heavy atom. The third kappa shape index (κ3) is 2.00. The minimum absolute atomic E-state index is 0.161. The fourth-order valence-electron chi connectivity index (χ4n) is 0.757. The van der Waals surface area contributed by atoms with Gasteiger partial charge in [-0.05, 0) is 24.5 Å². The predicted octanol–water partition coefficient (Wildman–Crippen LogP) is 1.36. The summed E-state index contributed by atoms with van der Waals surface area (Å²) in [6, 6.07) is 3.79. The van der Waals surface area contributed by atoms with Gasteiger partial charge in [0, 0.05) is 4.88 Å². The van der Waals surface area contributed by atoms with E-state index in [1.807, 2.05) is 19.1 Å². The van der Waals surface area contributed by atoms with Gasteiger partial charge in [0.15, 0.2) is 0 Å². The lowest BCUT2D eigenvalue weighted by Gasteiger charge is -2.00. The van der Waals surface area contributed by atoms with Crippen LogP contribution in [0.3, 0.4) is 0 Å². The molecule has 1 aromatic rings. The zero-order valence-electron chi connectivity index (χ0n) is 6.24. The van der Waals surface area contributed by atoms with E-state index >= 15 is 0 Å². The van der Waals surface area contributed by atoms with Crippen LogP contribution in [0.2, 0.25) is 0 Å². The predicted molar refractivity (Wildman–Crippen MR) is 44.0 cm³/mol. The molecule has 2 N–H and O–H groups in total. The Balaban J connectivity index is 2.70. The molecule has 0 radical (unpaired) electrons. The topological polar surface area (TPSA) is 62.7 Å². The molecule has 0 aliphatic heterocycles. The highest BCUT2D eigenvalue weighted by Gasteiger charge is 2.07. The van der Waals surface area contributed by atoms with Gasteiger partial charge in [-0.1, -0.05) is 0 Å². The van der Waals surface area contributed by atoms with Crippen LogP contribution in [0.25, 0.3) is 0 Å². The number of hydrogen-bond donors (Lipinski definition) is 1. The van der Waals surface area contributed by atoms with Gasteiger partial charge < -0.3 is 5.73 Å². The lowest BCUT2D eigenvalue weighted by molar-refractivity contribution is 0.764. The quantitative estimate of drug-likeness (QED) is 0.723. The number of nitriles is 1. The molecule has 11 heavy (non-hydrogen) atoms. The van der Waals surface area contributed by atoms with Gasteiger partial charge in [-0.25, -0.2) is 0 Å². The van der Waals surface area contributed by atoms with Crippen molar-refractivity contribution in [2.24, 2.45) is 5.73 Å². The third-order valence-corrected chi connectivity index (χ3v) is 2.33. The van der Waals surface area contributed by atoms with Gasteiger partial charge in [0.2, 0.25) is 0 Å². The van der Waals surface area contributed by atoms with Crippen molar-refractivity contribution >= 4 is 11.5 Å². The van der Waals surface area contributed by atoms with Gasteiger partial charge >= 0.3 is 0 Å². The highest BCUT2D eigenvalue weighted by Crippen LogP contribution is 2.18. The average Bonchev–Trinajstić information content (AvgIpc) is 2.36. The van der Waals surface area contributed by atoms with Crippen molar-refractivity contribution in [1.29, 1.82) is 5.26 Å². The van der Waals surface area contributed by atoms with Crippen molar-refractivity contribution in [3.05, 3.63) is 16.6 Å². The molecule has 0 aliphatic rings. The maximum Gasteiger partial charge on any atom is 0.0642 e. The van der Waals surface area contributed by atoms with Crippen LogP contribution in [0.4, 0.5) is 0 Å². The van der Waals surface area contributed by atoms with Crippen LogP contribution < -0.4 is 5.73 Å². The molecule has 0 amide bonds. The summed E-state index contributed by atoms with van der Waals surface area (Å²) >= 11 is 1.37. The molecule has 0 fully saturated rings. The van der Waals surface area contributed by atoms with E-state index in [0.717, 1.165) is 10.6 Å². The Kier molecular flexibility index (Phi) is 2.58. The summed E-state index contributed by atoms with van der Waals surface area (Å²) < 4.78 is 4.07. The monoisotopic (exact) mass is 167 g/mol. The second kappa shape index (κ2) is 3.46. The van der Waals surface area contributed by atoms with E-state index in [4.69, 9.17) is 11.0 Å².